The van der Waals surface area contributed by atoms with E-state index in [0.717, 1.165) is 24.2 Å². The molecule has 0 saturated carbocycles. The lowest BCUT2D eigenvalue weighted by Crippen LogP contribution is -2.27. The molecule has 2 N–H and O–H groups in total. The Morgan fingerprint density at radius 2 is 1.78 bits per heavy atom. The number of rotatable bonds is 7. The van der Waals surface area contributed by atoms with Crippen LogP contribution in [0.2, 0.25) is 0 Å². The molecule has 6 nitrogen and oxygen atoms in total. The summed E-state index contributed by atoms with van der Waals surface area (Å²) in [5, 5.41) is 4.28. The molecule has 0 unspecified atom stereocenters. The molecular formula is C21H22N4O2. The number of nitrogens with two attached hydrogens (primary N) is 1. The third-order valence-corrected chi connectivity index (χ3v) is 4.45. The van der Waals surface area contributed by atoms with Crippen LogP contribution in [0.3, 0.4) is 0 Å². The van der Waals surface area contributed by atoms with Gasteiger partial charge in [0.2, 0.25) is 5.91 Å². The lowest BCUT2D eigenvalue weighted by molar-refractivity contribution is 0.100. The van der Waals surface area contributed by atoms with E-state index in [1.54, 1.807) is 36.5 Å². The SMILES string of the molecule is CN(CCc1ccccc1)c1cnn(Cc2ccc(C(N)=O)cc2)c(=O)c1. The smallest absolute Gasteiger partial charge is 0.269 e. The quantitative estimate of drug-likeness (QED) is 0.698. The van der Waals surface area contributed by atoms with Gasteiger partial charge in [-0.15, -0.1) is 0 Å². The lowest BCUT2D eigenvalue weighted by atomic mass is 10.1. The molecule has 0 fully saturated rings. The second-order valence-electron chi connectivity index (χ2n) is 6.43. The first-order valence-corrected chi connectivity index (χ1v) is 8.74. The van der Waals surface area contributed by atoms with Gasteiger partial charge in [0, 0.05) is 25.2 Å². The number of aromatic nitrogens is 2. The van der Waals surface area contributed by atoms with Gasteiger partial charge in [-0.2, -0.15) is 5.10 Å². The van der Waals surface area contributed by atoms with E-state index in [-0.39, 0.29) is 5.56 Å². The second kappa shape index (κ2) is 8.31. The van der Waals surface area contributed by atoms with Gasteiger partial charge >= 0.3 is 0 Å². The molecule has 1 amide bonds. The van der Waals surface area contributed by atoms with E-state index < -0.39 is 5.91 Å². The first kappa shape index (κ1) is 18.4. The van der Waals surface area contributed by atoms with Gasteiger partial charge < -0.3 is 10.6 Å². The van der Waals surface area contributed by atoms with Gasteiger partial charge in [0.05, 0.1) is 18.4 Å². The molecule has 0 aliphatic heterocycles. The van der Waals surface area contributed by atoms with Crippen LogP contribution in [0.15, 0.2) is 71.7 Å². The standard InChI is InChI=1S/C21H22N4O2/c1-24(12-11-16-5-3-2-4-6-16)19-13-20(26)25(23-14-19)15-17-7-9-18(10-8-17)21(22)27/h2-10,13-14H,11-12,15H2,1H3,(H2,22,27). The minimum absolute atomic E-state index is 0.168. The Morgan fingerprint density at radius 1 is 1.07 bits per heavy atom. The molecule has 0 aliphatic carbocycles. The van der Waals surface area contributed by atoms with Crippen LogP contribution < -0.4 is 16.2 Å². The molecule has 3 aromatic rings. The fourth-order valence-corrected chi connectivity index (χ4v) is 2.77. The highest BCUT2D eigenvalue weighted by Crippen LogP contribution is 2.10. The topological polar surface area (TPSA) is 81.2 Å². The maximum Gasteiger partial charge on any atom is 0.269 e. The maximum absolute atomic E-state index is 12.4. The Morgan fingerprint density at radius 3 is 2.41 bits per heavy atom. The fourth-order valence-electron chi connectivity index (χ4n) is 2.77. The highest BCUT2D eigenvalue weighted by Gasteiger charge is 2.07. The number of anilines is 1. The van der Waals surface area contributed by atoms with E-state index in [1.165, 1.54) is 10.2 Å². The summed E-state index contributed by atoms with van der Waals surface area (Å²) in [6.07, 6.45) is 2.59. The molecule has 2 aromatic carbocycles. The molecule has 1 heterocycles. The van der Waals surface area contributed by atoms with Crippen molar-refractivity contribution in [3.8, 4) is 0 Å². The summed E-state index contributed by atoms with van der Waals surface area (Å²) in [7, 11) is 1.95. The zero-order chi connectivity index (χ0) is 19.2. The zero-order valence-electron chi connectivity index (χ0n) is 15.2. The van der Waals surface area contributed by atoms with E-state index in [2.05, 4.69) is 17.2 Å². The highest BCUT2D eigenvalue weighted by molar-refractivity contribution is 5.92. The first-order valence-electron chi connectivity index (χ1n) is 8.74. The van der Waals surface area contributed by atoms with Gasteiger partial charge in [0.25, 0.3) is 5.56 Å². The van der Waals surface area contributed by atoms with Crippen molar-refractivity contribution in [2.24, 2.45) is 5.73 Å². The number of carbonyl (C=O) groups is 1. The van der Waals surface area contributed by atoms with Crippen LogP contribution in [-0.4, -0.2) is 29.3 Å². The van der Waals surface area contributed by atoms with Crippen molar-refractivity contribution >= 4 is 11.6 Å². The molecule has 0 radical (unpaired) electrons. The molecule has 0 aliphatic rings. The highest BCUT2D eigenvalue weighted by atomic mass is 16.1. The molecule has 27 heavy (non-hydrogen) atoms. The van der Waals surface area contributed by atoms with Crippen molar-refractivity contribution in [3.05, 3.63) is 93.9 Å². The monoisotopic (exact) mass is 362 g/mol. The van der Waals surface area contributed by atoms with Crippen LogP contribution in [0.1, 0.15) is 21.5 Å². The van der Waals surface area contributed by atoms with E-state index in [1.807, 2.05) is 30.1 Å². The Balaban J connectivity index is 1.66. The van der Waals surface area contributed by atoms with Gasteiger partial charge in [-0.1, -0.05) is 42.5 Å². The van der Waals surface area contributed by atoms with Crippen LogP contribution in [0.25, 0.3) is 0 Å². The Kier molecular flexibility index (Phi) is 5.66. The number of likely N-dealkylation sites (N-methyl/N-ethyl adjacent to an activating group) is 1. The van der Waals surface area contributed by atoms with Crippen LogP contribution in [0, 0.1) is 0 Å². The Labute approximate surface area is 157 Å². The summed E-state index contributed by atoms with van der Waals surface area (Å²) in [6.45, 7) is 1.13. The van der Waals surface area contributed by atoms with Crippen LogP contribution in [0.5, 0.6) is 0 Å². The molecule has 138 valence electrons. The minimum atomic E-state index is -0.472. The zero-order valence-corrected chi connectivity index (χ0v) is 15.2. The maximum atomic E-state index is 12.4. The summed E-state index contributed by atoms with van der Waals surface area (Å²) in [5.41, 5.74) is 8.42. The normalized spacial score (nSPS) is 10.6. The molecule has 0 bridgehead atoms. The summed E-state index contributed by atoms with van der Waals surface area (Å²) < 4.78 is 1.40. The van der Waals surface area contributed by atoms with Crippen molar-refractivity contribution in [2.45, 2.75) is 13.0 Å². The van der Waals surface area contributed by atoms with Gasteiger partial charge in [-0.05, 0) is 29.7 Å². The van der Waals surface area contributed by atoms with Crippen LogP contribution in [0.4, 0.5) is 5.69 Å². The van der Waals surface area contributed by atoms with E-state index in [4.69, 9.17) is 5.73 Å². The second-order valence-corrected chi connectivity index (χ2v) is 6.43. The van der Waals surface area contributed by atoms with Crippen molar-refractivity contribution < 1.29 is 4.79 Å². The number of nitrogens with zero attached hydrogens (tertiary/aromatic N) is 3. The van der Waals surface area contributed by atoms with Crippen molar-refractivity contribution in [1.29, 1.82) is 0 Å². The van der Waals surface area contributed by atoms with Crippen molar-refractivity contribution in [3.63, 3.8) is 0 Å². The third kappa shape index (κ3) is 4.82. The predicted octanol–water partition coefficient (Wildman–Crippen LogP) is 2.07. The molecule has 0 atom stereocenters. The Bertz CT molecular complexity index is 965. The van der Waals surface area contributed by atoms with E-state index in [0.29, 0.717) is 12.1 Å². The average molecular weight is 362 g/mol. The molecule has 1 aromatic heterocycles. The third-order valence-electron chi connectivity index (χ3n) is 4.45. The number of benzene rings is 2. The molecule has 6 heteroatoms. The fraction of sp³-hybridized carbons (Fsp3) is 0.190. The van der Waals surface area contributed by atoms with Crippen LogP contribution >= 0.6 is 0 Å². The lowest BCUT2D eigenvalue weighted by Gasteiger charge is -2.19. The van der Waals surface area contributed by atoms with Crippen molar-refractivity contribution in [2.75, 3.05) is 18.5 Å². The number of carbonyl (C=O) groups excluding carboxylic acids is 1. The van der Waals surface area contributed by atoms with Crippen LogP contribution in [-0.2, 0) is 13.0 Å². The Hall–Kier alpha value is -3.41. The molecular weight excluding hydrogens is 340 g/mol. The number of hydrogen-bond donors (Lipinski definition) is 1. The number of amides is 1. The minimum Gasteiger partial charge on any atom is -0.373 e. The first-order chi connectivity index (χ1) is 13.0. The van der Waals surface area contributed by atoms with Gasteiger partial charge in [0.1, 0.15) is 0 Å². The summed E-state index contributed by atoms with van der Waals surface area (Å²) >= 11 is 0. The van der Waals surface area contributed by atoms with E-state index in [9.17, 15) is 9.59 Å². The molecule has 3 rings (SSSR count). The van der Waals surface area contributed by atoms with Gasteiger partial charge in [0.15, 0.2) is 0 Å². The average Bonchev–Trinajstić information content (AvgIpc) is 2.69. The van der Waals surface area contributed by atoms with Gasteiger partial charge in [-0.25, -0.2) is 4.68 Å². The van der Waals surface area contributed by atoms with E-state index >= 15 is 0 Å². The largest absolute Gasteiger partial charge is 0.373 e. The molecule has 0 saturated heterocycles. The summed E-state index contributed by atoms with van der Waals surface area (Å²) in [6, 6.07) is 18.7. The van der Waals surface area contributed by atoms with Crippen molar-refractivity contribution in [1.82, 2.24) is 9.78 Å². The summed E-state index contributed by atoms with van der Waals surface area (Å²) in [5.74, 6) is -0.472. The van der Waals surface area contributed by atoms with Gasteiger partial charge in [-0.3, -0.25) is 9.59 Å². The summed E-state index contributed by atoms with van der Waals surface area (Å²) in [4.78, 5) is 25.5. The number of primary amides is 1. The predicted molar refractivity (Wildman–Crippen MR) is 106 cm³/mol. The molecule has 0 spiro atoms. The number of hydrogen-bond acceptors (Lipinski definition) is 4.